The van der Waals surface area contributed by atoms with Gasteiger partial charge in [0.05, 0.1) is 0 Å². The van der Waals surface area contributed by atoms with Crippen molar-refractivity contribution in [3.05, 3.63) is 12.7 Å². The van der Waals surface area contributed by atoms with E-state index in [4.69, 9.17) is 11.6 Å². The lowest BCUT2D eigenvalue weighted by Crippen LogP contribution is -2.19. The summed E-state index contributed by atoms with van der Waals surface area (Å²) in [7, 11) is 0. The molecule has 12 heavy (non-hydrogen) atoms. The molecule has 1 fully saturated rings. The van der Waals surface area contributed by atoms with Gasteiger partial charge < -0.3 is 0 Å². The Hall–Kier alpha value is 0.0300. The Morgan fingerprint density at radius 1 is 1.33 bits per heavy atom. The molecule has 0 spiro atoms. The van der Waals surface area contributed by atoms with Gasteiger partial charge in [-0.05, 0) is 38.0 Å². The van der Waals surface area contributed by atoms with Crippen molar-refractivity contribution in [2.75, 3.05) is 0 Å². The summed E-state index contributed by atoms with van der Waals surface area (Å²) < 4.78 is 0. The number of allylic oxidation sites excluding steroid dienone is 1. The number of hydrogen-bond acceptors (Lipinski definition) is 0. The molecule has 1 heteroatoms. The molecule has 0 nitrogen and oxygen atoms in total. The maximum absolute atomic E-state index is 6.24. The van der Waals surface area contributed by atoms with Gasteiger partial charge in [-0.1, -0.05) is 18.9 Å². The molecule has 0 radical (unpaired) electrons. The third-order valence-corrected chi connectivity index (χ3v) is 3.37. The molecule has 0 amide bonds. The fourth-order valence-electron chi connectivity index (χ4n) is 2.01. The highest BCUT2D eigenvalue weighted by Crippen LogP contribution is 2.31. The lowest BCUT2D eigenvalue weighted by molar-refractivity contribution is 0.340. The van der Waals surface area contributed by atoms with Crippen molar-refractivity contribution in [3.63, 3.8) is 0 Å². The average Bonchev–Trinajstić information content (AvgIpc) is 2.09. The smallest absolute Gasteiger partial charge is 0.0364 e. The SMILES string of the molecule is C=CCCCC1CCCCC1Cl. The van der Waals surface area contributed by atoms with Crippen LogP contribution in [0.1, 0.15) is 44.9 Å². The van der Waals surface area contributed by atoms with Gasteiger partial charge in [-0.25, -0.2) is 0 Å². The number of hydrogen-bond donors (Lipinski definition) is 0. The molecule has 0 bridgehead atoms. The summed E-state index contributed by atoms with van der Waals surface area (Å²) in [5.74, 6) is 0.792. The van der Waals surface area contributed by atoms with Crippen molar-refractivity contribution in [3.8, 4) is 0 Å². The van der Waals surface area contributed by atoms with E-state index in [1.807, 2.05) is 6.08 Å². The summed E-state index contributed by atoms with van der Waals surface area (Å²) in [6.07, 6.45) is 11.1. The van der Waals surface area contributed by atoms with Gasteiger partial charge in [-0.15, -0.1) is 18.2 Å². The van der Waals surface area contributed by atoms with Crippen LogP contribution in [0, 0.1) is 5.92 Å². The summed E-state index contributed by atoms with van der Waals surface area (Å²) in [5, 5.41) is 0.462. The molecule has 1 aliphatic rings. The van der Waals surface area contributed by atoms with Gasteiger partial charge in [-0.3, -0.25) is 0 Å². The zero-order valence-corrected chi connectivity index (χ0v) is 8.52. The third kappa shape index (κ3) is 3.18. The van der Waals surface area contributed by atoms with Gasteiger partial charge in [-0.2, -0.15) is 0 Å². The molecule has 0 aromatic heterocycles. The highest BCUT2D eigenvalue weighted by atomic mass is 35.5. The molecular formula is C11H19Cl. The van der Waals surface area contributed by atoms with Crippen LogP contribution in [0.15, 0.2) is 12.7 Å². The first-order chi connectivity index (χ1) is 5.84. The molecule has 1 aliphatic carbocycles. The number of alkyl halides is 1. The van der Waals surface area contributed by atoms with Crippen LogP contribution in [0.5, 0.6) is 0 Å². The predicted molar refractivity (Wildman–Crippen MR) is 55.6 cm³/mol. The second-order valence-electron chi connectivity index (χ2n) is 3.78. The van der Waals surface area contributed by atoms with Gasteiger partial charge in [0.2, 0.25) is 0 Å². The third-order valence-electron chi connectivity index (χ3n) is 2.80. The standard InChI is InChI=1S/C11H19Cl/c1-2-3-4-7-10-8-5-6-9-11(10)12/h2,10-11H,1,3-9H2. The van der Waals surface area contributed by atoms with Gasteiger partial charge in [0.15, 0.2) is 0 Å². The van der Waals surface area contributed by atoms with Crippen molar-refractivity contribution >= 4 is 11.6 Å². The second-order valence-corrected chi connectivity index (χ2v) is 4.34. The number of rotatable bonds is 4. The van der Waals surface area contributed by atoms with Crippen LogP contribution in [0.3, 0.4) is 0 Å². The Kier molecular flexibility index (Phi) is 4.75. The first-order valence-electron chi connectivity index (χ1n) is 5.09. The van der Waals surface area contributed by atoms with E-state index in [0.717, 1.165) is 12.3 Å². The largest absolute Gasteiger partial charge is 0.123 e. The molecular weight excluding hydrogens is 168 g/mol. The summed E-state index contributed by atoms with van der Waals surface area (Å²) in [5.41, 5.74) is 0. The number of halogens is 1. The highest BCUT2D eigenvalue weighted by molar-refractivity contribution is 6.20. The zero-order chi connectivity index (χ0) is 8.81. The molecule has 0 aliphatic heterocycles. The van der Waals surface area contributed by atoms with Gasteiger partial charge in [0, 0.05) is 5.38 Å². The summed E-state index contributed by atoms with van der Waals surface area (Å²) in [4.78, 5) is 0. The molecule has 70 valence electrons. The molecule has 2 unspecified atom stereocenters. The van der Waals surface area contributed by atoms with Crippen LogP contribution in [0.25, 0.3) is 0 Å². The normalized spacial score (nSPS) is 30.1. The minimum atomic E-state index is 0.462. The summed E-state index contributed by atoms with van der Waals surface area (Å²) >= 11 is 6.24. The number of unbranched alkanes of at least 4 members (excludes halogenated alkanes) is 1. The molecule has 0 saturated heterocycles. The Morgan fingerprint density at radius 3 is 2.75 bits per heavy atom. The zero-order valence-electron chi connectivity index (χ0n) is 7.77. The van der Waals surface area contributed by atoms with E-state index in [2.05, 4.69) is 6.58 Å². The van der Waals surface area contributed by atoms with Gasteiger partial charge in [0.1, 0.15) is 0 Å². The summed E-state index contributed by atoms with van der Waals surface area (Å²) in [6, 6.07) is 0. The van der Waals surface area contributed by atoms with Crippen molar-refractivity contribution in [1.29, 1.82) is 0 Å². The van der Waals surface area contributed by atoms with E-state index in [-0.39, 0.29) is 0 Å². The lowest BCUT2D eigenvalue weighted by atomic mass is 9.85. The fourth-order valence-corrected chi connectivity index (χ4v) is 2.42. The molecule has 0 aromatic carbocycles. The fraction of sp³-hybridized carbons (Fsp3) is 0.818. The minimum absolute atomic E-state index is 0.462. The van der Waals surface area contributed by atoms with E-state index in [0.29, 0.717) is 5.38 Å². The van der Waals surface area contributed by atoms with Crippen LogP contribution < -0.4 is 0 Å². The van der Waals surface area contributed by atoms with Crippen molar-refractivity contribution < 1.29 is 0 Å². The van der Waals surface area contributed by atoms with Crippen LogP contribution >= 0.6 is 11.6 Å². The average molecular weight is 187 g/mol. The van der Waals surface area contributed by atoms with E-state index >= 15 is 0 Å². The first-order valence-corrected chi connectivity index (χ1v) is 5.53. The van der Waals surface area contributed by atoms with Crippen molar-refractivity contribution in [2.45, 2.75) is 50.3 Å². The van der Waals surface area contributed by atoms with Crippen molar-refractivity contribution in [1.82, 2.24) is 0 Å². The Bertz CT molecular complexity index is 131. The molecule has 0 aromatic rings. The lowest BCUT2D eigenvalue weighted by Gasteiger charge is -2.26. The Labute approximate surface area is 81.0 Å². The molecule has 2 atom stereocenters. The van der Waals surface area contributed by atoms with Gasteiger partial charge in [0.25, 0.3) is 0 Å². The second kappa shape index (κ2) is 5.64. The topological polar surface area (TPSA) is 0 Å². The van der Waals surface area contributed by atoms with Crippen LogP contribution in [-0.4, -0.2) is 5.38 Å². The Balaban J connectivity index is 2.15. The highest BCUT2D eigenvalue weighted by Gasteiger charge is 2.21. The minimum Gasteiger partial charge on any atom is -0.123 e. The van der Waals surface area contributed by atoms with E-state index < -0.39 is 0 Å². The van der Waals surface area contributed by atoms with E-state index in [1.165, 1.54) is 38.5 Å². The summed E-state index contributed by atoms with van der Waals surface area (Å²) in [6.45, 7) is 3.73. The van der Waals surface area contributed by atoms with Crippen LogP contribution in [0.4, 0.5) is 0 Å². The van der Waals surface area contributed by atoms with E-state index in [9.17, 15) is 0 Å². The molecule has 1 rings (SSSR count). The first kappa shape index (κ1) is 10.1. The maximum atomic E-state index is 6.24. The quantitative estimate of drug-likeness (QED) is 0.352. The van der Waals surface area contributed by atoms with Crippen molar-refractivity contribution in [2.24, 2.45) is 5.92 Å². The van der Waals surface area contributed by atoms with Gasteiger partial charge >= 0.3 is 0 Å². The Morgan fingerprint density at radius 2 is 2.08 bits per heavy atom. The maximum Gasteiger partial charge on any atom is 0.0364 e. The molecule has 0 N–H and O–H groups in total. The van der Waals surface area contributed by atoms with E-state index in [1.54, 1.807) is 0 Å². The molecule has 0 heterocycles. The van der Waals surface area contributed by atoms with Crippen LogP contribution in [0.2, 0.25) is 0 Å². The molecule has 1 saturated carbocycles. The predicted octanol–water partition coefficient (Wildman–Crippen LogP) is 4.14. The monoisotopic (exact) mass is 186 g/mol. The van der Waals surface area contributed by atoms with Crippen LogP contribution in [-0.2, 0) is 0 Å².